The van der Waals surface area contributed by atoms with Crippen molar-refractivity contribution in [3.05, 3.63) is 48.5 Å². The van der Waals surface area contributed by atoms with Crippen LogP contribution in [0.1, 0.15) is 5.82 Å². The third-order valence-corrected chi connectivity index (χ3v) is 6.84. The Balaban J connectivity index is 1.65. The maximum absolute atomic E-state index is 12.8. The second-order valence-corrected chi connectivity index (χ2v) is 9.07. The van der Waals surface area contributed by atoms with Crippen molar-refractivity contribution in [3.63, 3.8) is 0 Å². The van der Waals surface area contributed by atoms with Gasteiger partial charge in [0.2, 0.25) is 10.0 Å². The molecule has 0 radical (unpaired) electrons. The minimum absolute atomic E-state index is 0.123. The van der Waals surface area contributed by atoms with Gasteiger partial charge >= 0.3 is 0 Å². The standard InChI is InChI=1S/C18H26N4O4S/c1-15-19-8-9-21(15)11-10-20(2)13-18(24)14-22(12-17(18)23)27(25,26)16-6-4-3-5-7-16/h3-9,17,23-24H,10-14H2,1-2H3/t17-,18+/m1/s1. The number of imidazole rings is 1. The lowest BCUT2D eigenvalue weighted by Crippen LogP contribution is -2.51. The van der Waals surface area contributed by atoms with Crippen molar-refractivity contribution in [1.29, 1.82) is 0 Å². The molecule has 9 heteroatoms. The van der Waals surface area contributed by atoms with Crippen LogP contribution in [0.15, 0.2) is 47.6 Å². The summed E-state index contributed by atoms with van der Waals surface area (Å²) < 4.78 is 28.7. The van der Waals surface area contributed by atoms with Crippen LogP contribution in [-0.4, -0.2) is 82.3 Å². The number of benzene rings is 1. The van der Waals surface area contributed by atoms with Crippen LogP contribution in [-0.2, 0) is 16.6 Å². The van der Waals surface area contributed by atoms with Crippen molar-refractivity contribution in [2.45, 2.75) is 30.1 Å². The number of β-amino-alcohol motifs (C(OH)–C–C–N with tert-alkyl or cyclic N) is 2. The molecule has 1 aliphatic rings. The highest BCUT2D eigenvalue weighted by Crippen LogP contribution is 2.28. The summed E-state index contributed by atoms with van der Waals surface area (Å²) in [4.78, 5) is 6.22. The van der Waals surface area contributed by atoms with E-state index in [-0.39, 0.29) is 24.5 Å². The lowest BCUT2D eigenvalue weighted by Gasteiger charge is -2.31. The summed E-state index contributed by atoms with van der Waals surface area (Å²) in [6.45, 7) is 3.16. The van der Waals surface area contributed by atoms with Gasteiger partial charge in [0.15, 0.2) is 0 Å². The highest BCUT2D eigenvalue weighted by atomic mass is 32.2. The Labute approximate surface area is 159 Å². The Kier molecular flexibility index (Phi) is 5.68. The van der Waals surface area contributed by atoms with E-state index < -0.39 is 21.7 Å². The van der Waals surface area contributed by atoms with Crippen LogP contribution in [0.4, 0.5) is 0 Å². The summed E-state index contributed by atoms with van der Waals surface area (Å²) >= 11 is 0. The van der Waals surface area contributed by atoms with Gasteiger partial charge in [-0.15, -0.1) is 0 Å². The lowest BCUT2D eigenvalue weighted by atomic mass is 10.00. The molecule has 1 aliphatic heterocycles. The zero-order valence-electron chi connectivity index (χ0n) is 15.6. The minimum atomic E-state index is -3.75. The molecule has 1 aromatic heterocycles. The number of aliphatic hydroxyl groups excluding tert-OH is 1. The van der Waals surface area contributed by atoms with Crippen molar-refractivity contribution in [2.24, 2.45) is 0 Å². The molecular formula is C18H26N4O4S. The first-order chi connectivity index (χ1) is 12.7. The van der Waals surface area contributed by atoms with Gasteiger partial charge in [0.25, 0.3) is 0 Å². The van der Waals surface area contributed by atoms with Crippen LogP contribution in [0.25, 0.3) is 0 Å². The summed E-state index contributed by atoms with van der Waals surface area (Å²) in [5.41, 5.74) is -1.51. The van der Waals surface area contributed by atoms with Crippen molar-refractivity contribution in [3.8, 4) is 0 Å². The quantitative estimate of drug-likeness (QED) is 0.682. The molecule has 1 fully saturated rings. The highest BCUT2D eigenvalue weighted by Gasteiger charge is 2.49. The van der Waals surface area contributed by atoms with E-state index in [2.05, 4.69) is 4.98 Å². The Morgan fingerprint density at radius 2 is 2.04 bits per heavy atom. The zero-order valence-corrected chi connectivity index (χ0v) is 16.4. The Hall–Kier alpha value is -1.78. The maximum Gasteiger partial charge on any atom is 0.243 e. The number of aromatic nitrogens is 2. The van der Waals surface area contributed by atoms with Crippen molar-refractivity contribution in [2.75, 3.05) is 33.2 Å². The zero-order chi connectivity index (χ0) is 19.7. The third-order valence-electron chi connectivity index (χ3n) is 5.02. The first-order valence-corrected chi connectivity index (χ1v) is 10.3. The summed E-state index contributed by atoms with van der Waals surface area (Å²) in [6.07, 6.45) is 2.47. The first-order valence-electron chi connectivity index (χ1n) is 8.84. The number of nitrogens with zero attached hydrogens (tertiary/aromatic N) is 4. The fourth-order valence-corrected chi connectivity index (χ4v) is 4.91. The van der Waals surface area contributed by atoms with E-state index in [4.69, 9.17) is 0 Å². The number of likely N-dealkylation sites (N-methyl/N-ethyl adjacent to an activating group) is 1. The van der Waals surface area contributed by atoms with Crippen molar-refractivity contribution in [1.82, 2.24) is 18.8 Å². The monoisotopic (exact) mass is 394 g/mol. The Morgan fingerprint density at radius 1 is 1.33 bits per heavy atom. The van der Waals surface area contributed by atoms with Gasteiger partial charge in [0, 0.05) is 45.1 Å². The van der Waals surface area contributed by atoms with E-state index in [1.807, 2.05) is 29.6 Å². The molecule has 0 saturated carbocycles. The SMILES string of the molecule is Cc1nccn1CCN(C)C[C@]1(O)CN(S(=O)(=O)c2ccccc2)C[C@H]1O. The number of hydrogen-bond donors (Lipinski definition) is 2. The van der Waals surface area contributed by atoms with E-state index in [0.717, 1.165) is 10.1 Å². The smallest absolute Gasteiger partial charge is 0.243 e. The molecule has 3 rings (SSSR count). The molecule has 0 aliphatic carbocycles. The number of hydrogen-bond acceptors (Lipinski definition) is 6. The summed E-state index contributed by atoms with van der Waals surface area (Å²) in [6, 6.07) is 8.07. The summed E-state index contributed by atoms with van der Waals surface area (Å²) in [5, 5.41) is 21.3. The van der Waals surface area contributed by atoms with Gasteiger partial charge in [-0.2, -0.15) is 4.31 Å². The predicted octanol–water partition coefficient (Wildman–Crippen LogP) is -0.0802. The second kappa shape index (κ2) is 7.69. The molecular weight excluding hydrogens is 368 g/mol. The van der Waals surface area contributed by atoms with Crippen LogP contribution in [0, 0.1) is 6.92 Å². The van der Waals surface area contributed by atoms with Crippen molar-refractivity contribution < 1.29 is 18.6 Å². The van der Waals surface area contributed by atoms with E-state index in [9.17, 15) is 18.6 Å². The van der Waals surface area contributed by atoms with Crippen LogP contribution in [0.2, 0.25) is 0 Å². The normalized spacial score (nSPS) is 24.0. The second-order valence-electron chi connectivity index (χ2n) is 7.14. The van der Waals surface area contributed by atoms with Gasteiger partial charge in [-0.25, -0.2) is 13.4 Å². The summed E-state index contributed by atoms with van der Waals surface area (Å²) in [7, 11) is -1.91. The third kappa shape index (κ3) is 4.22. The lowest BCUT2D eigenvalue weighted by molar-refractivity contribution is -0.0575. The maximum atomic E-state index is 12.8. The van der Waals surface area contributed by atoms with Gasteiger partial charge in [-0.05, 0) is 26.1 Å². The number of rotatable bonds is 7. The molecule has 148 valence electrons. The molecule has 27 heavy (non-hydrogen) atoms. The van der Waals surface area contributed by atoms with Gasteiger partial charge in [0.05, 0.1) is 11.0 Å². The minimum Gasteiger partial charge on any atom is -0.389 e. The van der Waals surface area contributed by atoms with Gasteiger partial charge in [0.1, 0.15) is 11.4 Å². The Morgan fingerprint density at radius 3 is 2.67 bits per heavy atom. The van der Waals surface area contributed by atoms with E-state index >= 15 is 0 Å². The molecule has 2 aromatic rings. The van der Waals surface area contributed by atoms with Gasteiger partial charge < -0.3 is 19.7 Å². The van der Waals surface area contributed by atoms with Crippen molar-refractivity contribution >= 4 is 10.0 Å². The molecule has 2 N–H and O–H groups in total. The molecule has 0 spiro atoms. The molecule has 2 atom stereocenters. The van der Waals surface area contributed by atoms with Crippen LogP contribution in [0.5, 0.6) is 0 Å². The van der Waals surface area contributed by atoms with Gasteiger partial charge in [-0.3, -0.25) is 0 Å². The van der Waals surface area contributed by atoms with Crippen LogP contribution < -0.4 is 0 Å². The first kappa shape index (κ1) is 20.0. The topological polar surface area (TPSA) is 98.9 Å². The Bertz CT molecular complexity index is 870. The van der Waals surface area contributed by atoms with E-state index in [1.54, 1.807) is 24.4 Å². The average molecular weight is 394 g/mol. The summed E-state index contributed by atoms with van der Waals surface area (Å²) in [5.74, 6) is 0.906. The molecule has 0 unspecified atom stereocenters. The predicted molar refractivity (Wildman–Crippen MR) is 101 cm³/mol. The number of sulfonamides is 1. The molecule has 1 aromatic carbocycles. The van der Waals surface area contributed by atoms with E-state index in [0.29, 0.717) is 13.1 Å². The molecule has 0 bridgehead atoms. The fraction of sp³-hybridized carbons (Fsp3) is 0.500. The molecule has 0 amide bonds. The number of aliphatic hydroxyl groups is 2. The fourth-order valence-electron chi connectivity index (χ4n) is 3.38. The molecule has 8 nitrogen and oxygen atoms in total. The molecule has 1 saturated heterocycles. The highest BCUT2D eigenvalue weighted by molar-refractivity contribution is 7.89. The number of aryl methyl sites for hydroxylation is 1. The van der Waals surface area contributed by atoms with Crippen LogP contribution >= 0.6 is 0 Å². The van der Waals surface area contributed by atoms with E-state index in [1.165, 1.54) is 12.1 Å². The average Bonchev–Trinajstić information content (AvgIpc) is 3.17. The van der Waals surface area contributed by atoms with Gasteiger partial charge in [-0.1, -0.05) is 18.2 Å². The molecule has 2 heterocycles. The van der Waals surface area contributed by atoms with Crippen LogP contribution in [0.3, 0.4) is 0 Å². The largest absolute Gasteiger partial charge is 0.389 e.